The second kappa shape index (κ2) is 5.38. The Balaban J connectivity index is 2.26. The summed E-state index contributed by atoms with van der Waals surface area (Å²) in [5.41, 5.74) is 14.8. The Hall–Kier alpha value is -2.66. The van der Waals surface area contributed by atoms with E-state index in [1.54, 1.807) is 24.5 Å². The van der Waals surface area contributed by atoms with Crippen molar-refractivity contribution >= 4 is 23.4 Å². The topological polar surface area (TPSA) is 90.7 Å². The first-order valence-electron chi connectivity index (χ1n) is 6.24. The van der Waals surface area contributed by atoms with Gasteiger partial charge in [0.15, 0.2) is 0 Å². The molecule has 0 saturated heterocycles. The van der Waals surface area contributed by atoms with E-state index in [1.165, 1.54) is 0 Å². The molecule has 0 aliphatic carbocycles. The molecule has 5 nitrogen and oxygen atoms in total. The molecule has 0 amide bonds. The van der Waals surface area contributed by atoms with Crippen LogP contribution in [0.2, 0.25) is 5.02 Å². The van der Waals surface area contributed by atoms with Gasteiger partial charge in [0, 0.05) is 28.5 Å². The van der Waals surface area contributed by atoms with Gasteiger partial charge in [0.1, 0.15) is 5.82 Å². The smallest absolute Gasteiger partial charge is 0.222 e. The van der Waals surface area contributed by atoms with Gasteiger partial charge < -0.3 is 11.5 Å². The van der Waals surface area contributed by atoms with Crippen LogP contribution in [-0.2, 0) is 0 Å². The molecule has 2 heterocycles. The highest BCUT2D eigenvalue weighted by Crippen LogP contribution is 2.34. The lowest BCUT2D eigenvalue weighted by Gasteiger charge is -2.12. The molecule has 0 aliphatic rings. The summed E-state index contributed by atoms with van der Waals surface area (Å²) in [5, 5.41) is 0.650. The quantitative estimate of drug-likeness (QED) is 0.758. The van der Waals surface area contributed by atoms with Crippen LogP contribution >= 0.6 is 11.6 Å². The van der Waals surface area contributed by atoms with Crippen LogP contribution in [0.15, 0.2) is 48.8 Å². The summed E-state index contributed by atoms with van der Waals surface area (Å²) in [6, 6.07) is 11.0. The zero-order chi connectivity index (χ0) is 14.8. The van der Waals surface area contributed by atoms with Crippen molar-refractivity contribution in [2.24, 2.45) is 0 Å². The number of pyridine rings is 1. The van der Waals surface area contributed by atoms with Crippen LogP contribution in [0.5, 0.6) is 0 Å². The normalized spacial score (nSPS) is 10.5. The van der Waals surface area contributed by atoms with Gasteiger partial charge in [-0.2, -0.15) is 4.98 Å². The predicted molar refractivity (Wildman–Crippen MR) is 84.5 cm³/mol. The summed E-state index contributed by atoms with van der Waals surface area (Å²) < 4.78 is 0. The summed E-state index contributed by atoms with van der Waals surface area (Å²) in [5.74, 6) is 0.450. The van der Waals surface area contributed by atoms with Crippen molar-refractivity contribution in [1.29, 1.82) is 0 Å². The summed E-state index contributed by atoms with van der Waals surface area (Å²) >= 11 is 5.93. The highest BCUT2D eigenvalue weighted by atomic mass is 35.5. The monoisotopic (exact) mass is 297 g/mol. The molecule has 0 fully saturated rings. The Morgan fingerprint density at radius 2 is 1.67 bits per heavy atom. The van der Waals surface area contributed by atoms with Gasteiger partial charge in [-0.05, 0) is 18.2 Å². The van der Waals surface area contributed by atoms with E-state index in [0.29, 0.717) is 22.1 Å². The van der Waals surface area contributed by atoms with E-state index < -0.39 is 0 Å². The van der Waals surface area contributed by atoms with Crippen LogP contribution in [0.25, 0.3) is 22.4 Å². The van der Waals surface area contributed by atoms with E-state index in [1.807, 2.05) is 24.3 Å². The van der Waals surface area contributed by atoms with Crippen molar-refractivity contribution in [1.82, 2.24) is 15.0 Å². The van der Waals surface area contributed by atoms with E-state index in [0.717, 1.165) is 11.1 Å². The number of anilines is 2. The van der Waals surface area contributed by atoms with Crippen LogP contribution in [0.3, 0.4) is 0 Å². The number of hydrogen-bond acceptors (Lipinski definition) is 5. The molecule has 21 heavy (non-hydrogen) atoms. The van der Waals surface area contributed by atoms with Crippen molar-refractivity contribution in [3.05, 3.63) is 53.8 Å². The Labute approximate surface area is 126 Å². The molecule has 0 aliphatic heterocycles. The summed E-state index contributed by atoms with van der Waals surface area (Å²) in [6.07, 6.45) is 3.41. The van der Waals surface area contributed by atoms with E-state index >= 15 is 0 Å². The van der Waals surface area contributed by atoms with Gasteiger partial charge in [-0.25, -0.2) is 4.98 Å². The maximum Gasteiger partial charge on any atom is 0.222 e. The fourth-order valence-electron chi connectivity index (χ4n) is 2.11. The van der Waals surface area contributed by atoms with Crippen molar-refractivity contribution in [3.63, 3.8) is 0 Å². The van der Waals surface area contributed by atoms with Crippen LogP contribution in [-0.4, -0.2) is 15.0 Å². The number of aromatic nitrogens is 3. The molecule has 1 aromatic carbocycles. The largest absolute Gasteiger partial charge is 0.383 e. The number of halogens is 1. The highest BCUT2D eigenvalue weighted by molar-refractivity contribution is 6.30. The fourth-order valence-corrected chi connectivity index (χ4v) is 2.23. The molecule has 3 rings (SSSR count). The maximum absolute atomic E-state index is 6.04. The molecule has 0 unspecified atom stereocenters. The minimum Gasteiger partial charge on any atom is -0.383 e. The minimum atomic E-state index is 0.130. The third-order valence-electron chi connectivity index (χ3n) is 3.02. The van der Waals surface area contributed by atoms with Gasteiger partial charge in [0.25, 0.3) is 0 Å². The predicted octanol–water partition coefficient (Wildman–Crippen LogP) is 3.02. The molecule has 0 atom stereocenters. The van der Waals surface area contributed by atoms with Crippen LogP contribution < -0.4 is 11.5 Å². The van der Waals surface area contributed by atoms with Crippen molar-refractivity contribution < 1.29 is 0 Å². The van der Waals surface area contributed by atoms with Gasteiger partial charge in [0.05, 0.1) is 11.3 Å². The van der Waals surface area contributed by atoms with Gasteiger partial charge in [-0.15, -0.1) is 0 Å². The molecular weight excluding hydrogens is 286 g/mol. The van der Waals surface area contributed by atoms with Crippen molar-refractivity contribution in [2.45, 2.75) is 0 Å². The van der Waals surface area contributed by atoms with E-state index in [9.17, 15) is 0 Å². The number of nitrogen functional groups attached to an aromatic ring is 2. The fraction of sp³-hybridized carbons (Fsp3) is 0. The first-order chi connectivity index (χ1) is 10.1. The summed E-state index contributed by atoms with van der Waals surface area (Å²) in [4.78, 5) is 12.5. The third-order valence-corrected chi connectivity index (χ3v) is 3.27. The van der Waals surface area contributed by atoms with Crippen LogP contribution in [0, 0.1) is 0 Å². The zero-order valence-corrected chi connectivity index (χ0v) is 11.7. The number of benzene rings is 1. The van der Waals surface area contributed by atoms with Gasteiger partial charge in [-0.1, -0.05) is 29.8 Å². The van der Waals surface area contributed by atoms with Gasteiger partial charge in [-0.3, -0.25) is 4.98 Å². The minimum absolute atomic E-state index is 0.130. The van der Waals surface area contributed by atoms with E-state index in [-0.39, 0.29) is 5.95 Å². The first kappa shape index (κ1) is 13.3. The number of nitrogens with zero attached hydrogens (tertiary/aromatic N) is 3. The number of hydrogen-bond donors (Lipinski definition) is 2. The molecule has 0 bridgehead atoms. The molecule has 6 heteroatoms. The number of nitrogens with two attached hydrogens (primary N) is 2. The van der Waals surface area contributed by atoms with Crippen LogP contribution in [0.1, 0.15) is 0 Å². The molecule has 0 radical (unpaired) electrons. The molecule has 104 valence electrons. The average molecular weight is 298 g/mol. The molecule has 0 spiro atoms. The van der Waals surface area contributed by atoms with E-state index in [4.69, 9.17) is 23.1 Å². The summed E-state index contributed by atoms with van der Waals surface area (Å²) in [7, 11) is 0. The average Bonchev–Trinajstić information content (AvgIpc) is 2.48. The summed E-state index contributed by atoms with van der Waals surface area (Å²) in [6.45, 7) is 0. The van der Waals surface area contributed by atoms with E-state index in [2.05, 4.69) is 15.0 Å². The Morgan fingerprint density at radius 3 is 2.33 bits per heavy atom. The standard InChI is InChI=1S/C15H12ClN5/c16-11-5-3-9(4-6-11)13-12(10-2-1-7-19-8-10)14(17)21-15(18)20-13/h1-8H,(H4,17,18,20,21). The Morgan fingerprint density at radius 1 is 0.905 bits per heavy atom. The molecule has 3 aromatic rings. The second-order valence-electron chi connectivity index (χ2n) is 4.44. The molecular formula is C15H12ClN5. The molecule has 0 saturated carbocycles. The van der Waals surface area contributed by atoms with Crippen molar-refractivity contribution in [3.8, 4) is 22.4 Å². The lowest BCUT2D eigenvalue weighted by Crippen LogP contribution is -2.04. The lowest BCUT2D eigenvalue weighted by atomic mass is 10.0. The SMILES string of the molecule is Nc1nc(N)c(-c2cccnc2)c(-c2ccc(Cl)cc2)n1. The lowest BCUT2D eigenvalue weighted by molar-refractivity contribution is 1.19. The third kappa shape index (κ3) is 2.64. The molecule has 4 N–H and O–H groups in total. The highest BCUT2D eigenvalue weighted by Gasteiger charge is 2.15. The first-order valence-corrected chi connectivity index (χ1v) is 6.62. The Bertz CT molecular complexity index is 772. The zero-order valence-electron chi connectivity index (χ0n) is 11.0. The van der Waals surface area contributed by atoms with Crippen molar-refractivity contribution in [2.75, 3.05) is 11.5 Å². The molecule has 2 aromatic heterocycles. The van der Waals surface area contributed by atoms with Crippen LogP contribution in [0.4, 0.5) is 11.8 Å². The second-order valence-corrected chi connectivity index (χ2v) is 4.88. The maximum atomic E-state index is 6.04. The Kier molecular flexibility index (Phi) is 3.41. The van der Waals surface area contributed by atoms with Gasteiger partial charge in [0.2, 0.25) is 5.95 Å². The van der Waals surface area contributed by atoms with Gasteiger partial charge >= 0.3 is 0 Å². The number of rotatable bonds is 2.